The van der Waals surface area contributed by atoms with Gasteiger partial charge in [0.15, 0.2) is 11.5 Å². The van der Waals surface area contributed by atoms with Gasteiger partial charge in [0.2, 0.25) is 5.91 Å². The van der Waals surface area contributed by atoms with E-state index in [1.165, 1.54) is 0 Å². The Labute approximate surface area is 142 Å². The van der Waals surface area contributed by atoms with Crippen molar-refractivity contribution in [2.45, 2.75) is 32.7 Å². The van der Waals surface area contributed by atoms with Crippen LogP contribution in [0, 0.1) is 6.92 Å². The lowest BCUT2D eigenvalue weighted by molar-refractivity contribution is -0.121. The molecule has 1 amide bonds. The first-order chi connectivity index (χ1) is 11.5. The highest BCUT2D eigenvalue weighted by Crippen LogP contribution is 2.28. The average Bonchev–Trinajstić information content (AvgIpc) is 2.92. The summed E-state index contributed by atoms with van der Waals surface area (Å²) in [5.74, 6) is 1.38. The Kier molecular flexibility index (Phi) is 5.84. The van der Waals surface area contributed by atoms with Gasteiger partial charge in [0.1, 0.15) is 0 Å². The molecule has 0 aliphatic carbocycles. The molecule has 24 heavy (non-hydrogen) atoms. The van der Waals surface area contributed by atoms with Crippen LogP contribution in [0.5, 0.6) is 11.5 Å². The normalized spacial score (nSPS) is 11.9. The van der Waals surface area contributed by atoms with E-state index in [2.05, 4.69) is 10.4 Å². The molecule has 1 N–H and O–H groups in total. The molecule has 1 aromatic carbocycles. The second kappa shape index (κ2) is 7.86. The fourth-order valence-electron chi connectivity index (χ4n) is 2.63. The first-order valence-electron chi connectivity index (χ1n) is 7.95. The number of nitrogens with zero attached hydrogens (tertiary/aromatic N) is 2. The molecule has 0 spiro atoms. The number of rotatable bonds is 7. The molecule has 0 unspecified atom stereocenters. The topological polar surface area (TPSA) is 65.4 Å². The molecule has 0 aliphatic heterocycles. The fourth-order valence-corrected chi connectivity index (χ4v) is 2.63. The minimum absolute atomic E-state index is 0.0144. The highest BCUT2D eigenvalue weighted by Gasteiger charge is 2.14. The summed E-state index contributed by atoms with van der Waals surface area (Å²) in [7, 11) is 5.10. The zero-order valence-electron chi connectivity index (χ0n) is 14.9. The number of amides is 1. The van der Waals surface area contributed by atoms with E-state index in [9.17, 15) is 4.79 Å². The molecule has 2 aromatic rings. The van der Waals surface area contributed by atoms with Gasteiger partial charge in [-0.25, -0.2) is 0 Å². The predicted octanol–water partition coefficient (Wildman–Crippen LogP) is 2.56. The minimum atomic E-state index is -0.0587. The third-order valence-electron chi connectivity index (χ3n) is 4.21. The van der Waals surface area contributed by atoms with Crippen LogP contribution in [0.25, 0.3) is 0 Å². The SMILES string of the molecule is COc1ccc(CCC(=O)N[C@@H](C)c2cnn(C)c2C)cc1OC. The van der Waals surface area contributed by atoms with Crippen LogP contribution in [0.4, 0.5) is 0 Å². The van der Waals surface area contributed by atoms with Gasteiger partial charge in [-0.2, -0.15) is 5.10 Å². The molecule has 0 bridgehead atoms. The smallest absolute Gasteiger partial charge is 0.220 e. The van der Waals surface area contributed by atoms with Crippen molar-refractivity contribution in [1.82, 2.24) is 15.1 Å². The largest absolute Gasteiger partial charge is 0.493 e. The Hall–Kier alpha value is -2.50. The van der Waals surface area contributed by atoms with Crippen LogP contribution >= 0.6 is 0 Å². The van der Waals surface area contributed by atoms with Gasteiger partial charge in [0, 0.05) is 24.7 Å². The number of hydrogen-bond acceptors (Lipinski definition) is 4. The number of benzene rings is 1. The molecule has 130 valence electrons. The molecule has 6 nitrogen and oxygen atoms in total. The molecule has 2 rings (SSSR count). The number of hydrogen-bond donors (Lipinski definition) is 1. The number of aromatic nitrogens is 2. The maximum atomic E-state index is 12.2. The Balaban J connectivity index is 1.92. The highest BCUT2D eigenvalue weighted by atomic mass is 16.5. The Bertz CT molecular complexity index is 710. The Morgan fingerprint density at radius 3 is 2.58 bits per heavy atom. The zero-order chi connectivity index (χ0) is 17.7. The van der Waals surface area contributed by atoms with Gasteiger partial charge < -0.3 is 14.8 Å². The maximum Gasteiger partial charge on any atom is 0.220 e. The van der Waals surface area contributed by atoms with Gasteiger partial charge in [-0.15, -0.1) is 0 Å². The third-order valence-corrected chi connectivity index (χ3v) is 4.21. The predicted molar refractivity (Wildman–Crippen MR) is 92.4 cm³/mol. The van der Waals surface area contributed by atoms with Crippen molar-refractivity contribution < 1.29 is 14.3 Å². The molecular formula is C18H25N3O3. The van der Waals surface area contributed by atoms with E-state index in [1.807, 2.05) is 43.8 Å². The minimum Gasteiger partial charge on any atom is -0.493 e. The molecule has 6 heteroatoms. The van der Waals surface area contributed by atoms with Crippen LogP contribution in [0.1, 0.15) is 36.2 Å². The summed E-state index contributed by atoms with van der Waals surface area (Å²) >= 11 is 0. The van der Waals surface area contributed by atoms with Crippen molar-refractivity contribution in [1.29, 1.82) is 0 Å². The van der Waals surface area contributed by atoms with E-state index in [4.69, 9.17) is 9.47 Å². The summed E-state index contributed by atoms with van der Waals surface area (Å²) in [6.07, 6.45) is 2.86. The van der Waals surface area contributed by atoms with Crippen molar-refractivity contribution in [3.63, 3.8) is 0 Å². The van der Waals surface area contributed by atoms with Crippen LogP contribution < -0.4 is 14.8 Å². The number of ether oxygens (including phenoxy) is 2. The van der Waals surface area contributed by atoms with Gasteiger partial charge in [0.25, 0.3) is 0 Å². The second-order valence-corrected chi connectivity index (χ2v) is 5.79. The molecular weight excluding hydrogens is 306 g/mol. The molecule has 1 atom stereocenters. The summed E-state index contributed by atoms with van der Waals surface area (Å²) in [4.78, 5) is 12.2. The van der Waals surface area contributed by atoms with Crippen molar-refractivity contribution >= 4 is 5.91 Å². The van der Waals surface area contributed by atoms with Crippen molar-refractivity contribution in [2.75, 3.05) is 14.2 Å². The van der Waals surface area contributed by atoms with Gasteiger partial charge in [-0.05, 0) is 38.0 Å². The van der Waals surface area contributed by atoms with Crippen molar-refractivity contribution in [2.24, 2.45) is 7.05 Å². The van der Waals surface area contributed by atoms with Crippen molar-refractivity contribution in [3.8, 4) is 11.5 Å². The first kappa shape index (κ1) is 17.8. The zero-order valence-corrected chi connectivity index (χ0v) is 14.9. The molecule has 1 aromatic heterocycles. The van der Waals surface area contributed by atoms with E-state index >= 15 is 0 Å². The second-order valence-electron chi connectivity index (χ2n) is 5.79. The fraction of sp³-hybridized carbons (Fsp3) is 0.444. The van der Waals surface area contributed by atoms with Crippen molar-refractivity contribution in [3.05, 3.63) is 41.2 Å². The number of methoxy groups -OCH3 is 2. The van der Waals surface area contributed by atoms with E-state index < -0.39 is 0 Å². The molecule has 0 fully saturated rings. The van der Waals surface area contributed by atoms with Gasteiger partial charge in [-0.1, -0.05) is 6.07 Å². The van der Waals surface area contributed by atoms with Gasteiger partial charge >= 0.3 is 0 Å². The van der Waals surface area contributed by atoms with Crippen LogP contribution in [-0.2, 0) is 18.3 Å². The number of aryl methyl sites for hydroxylation is 2. The van der Waals surface area contributed by atoms with E-state index in [0.717, 1.165) is 16.8 Å². The maximum absolute atomic E-state index is 12.2. The van der Waals surface area contributed by atoms with Crippen LogP contribution in [0.3, 0.4) is 0 Å². The summed E-state index contributed by atoms with van der Waals surface area (Å²) in [6.45, 7) is 3.97. The number of carbonyl (C=O) groups is 1. The van der Waals surface area contributed by atoms with Crippen LogP contribution in [0.2, 0.25) is 0 Å². The average molecular weight is 331 g/mol. The Morgan fingerprint density at radius 2 is 2.00 bits per heavy atom. The van der Waals surface area contributed by atoms with Gasteiger partial charge in [-0.3, -0.25) is 9.48 Å². The van der Waals surface area contributed by atoms with E-state index in [1.54, 1.807) is 20.4 Å². The number of carbonyl (C=O) groups excluding carboxylic acids is 1. The van der Waals surface area contributed by atoms with E-state index in [-0.39, 0.29) is 11.9 Å². The van der Waals surface area contributed by atoms with Crippen LogP contribution in [-0.4, -0.2) is 29.9 Å². The highest BCUT2D eigenvalue weighted by molar-refractivity contribution is 5.76. The van der Waals surface area contributed by atoms with Crippen LogP contribution in [0.15, 0.2) is 24.4 Å². The summed E-state index contributed by atoms with van der Waals surface area (Å²) < 4.78 is 12.3. The molecule has 0 saturated heterocycles. The molecule has 0 saturated carbocycles. The summed E-state index contributed by atoms with van der Waals surface area (Å²) in [6, 6.07) is 5.65. The first-order valence-corrected chi connectivity index (χ1v) is 7.95. The standard InChI is InChI=1S/C18H25N3O3/c1-12(15-11-19-21(3)13(15)2)20-18(22)9-7-14-6-8-16(23-4)17(10-14)24-5/h6,8,10-12H,7,9H2,1-5H3,(H,20,22)/t12-/m0/s1. The quantitative estimate of drug-likeness (QED) is 0.847. The van der Waals surface area contributed by atoms with E-state index in [0.29, 0.717) is 24.3 Å². The molecule has 0 radical (unpaired) electrons. The summed E-state index contributed by atoms with van der Waals surface area (Å²) in [5.41, 5.74) is 3.13. The molecule has 1 heterocycles. The summed E-state index contributed by atoms with van der Waals surface area (Å²) in [5, 5.41) is 7.24. The lowest BCUT2D eigenvalue weighted by Crippen LogP contribution is -2.27. The molecule has 0 aliphatic rings. The lowest BCUT2D eigenvalue weighted by atomic mass is 10.1. The van der Waals surface area contributed by atoms with Gasteiger partial charge in [0.05, 0.1) is 26.5 Å². The number of nitrogens with one attached hydrogen (secondary N) is 1. The monoisotopic (exact) mass is 331 g/mol. The Morgan fingerprint density at radius 1 is 1.29 bits per heavy atom. The third kappa shape index (κ3) is 4.07. The lowest BCUT2D eigenvalue weighted by Gasteiger charge is -2.14.